The molecule has 0 amide bonds. The first kappa shape index (κ1) is 15.3. The summed E-state index contributed by atoms with van der Waals surface area (Å²) in [5.74, 6) is -0.856. The van der Waals surface area contributed by atoms with Crippen molar-refractivity contribution < 1.29 is 23.4 Å². The van der Waals surface area contributed by atoms with Crippen LogP contribution in [0.4, 0.5) is 8.78 Å². The third kappa shape index (κ3) is 2.63. The number of halogens is 2. The Morgan fingerprint density at radius 1 is 1.24 bits per heavy atom. The van der Waals surface area contributed by atoms with Gasteiger partial charge in [-0.3, -0.25) is 0 Å². The average molecular weight is 342 g/mol. The summed E-state index contributed by atoms with van der Waals surface area (Å²) in [5.41, 5.74) is 3.79. The summed E-state index contributed by atoms with van der Waals surface area (Å²) >= 11 is 0. The third-order valence-corrected chi connectivity index (χ3v) is 4.12. The highest BCUT2D eigenvalue weighted by Gasteiger charge is 2.26. The normalized spacial score (nSPS) is 12.1. The van der Waals surface area contributed by atoms with Crippen LogP contribution in [-0.2, 0) is 6.42 Å². The number of nitrogens with zero attached hydrogens (tertiary/aromatic N) is 2. The van der Waals surface area contributed by atoms with Crippen molar-refractivity contribution in [2.45, 2.75) is 13.0 Å². The zero-order valence-electron chi connectivity index (χ0n) is 12.8. The SMILES string of the molecule is O=C(O)c1cccc(-n2cc3c(n2)-c2cccc(OC(F)F)c2C3)c1. The Labute approximate surface area is 141 Å². The van der Waals surface area contributed by atoms with Gasteiger partial charge < -0.3 is 9.84 Å². The number of alkyl halides is 2. The maximum atomic E-state index is 12.5. The van der Waals surface area contributed by atoms with Gasteiger partial charge in [-0.1, -0.05) is 18.2 Å². The fourth-order valence-corrected chi connectivity index (χ4v) is 3.05. The Bertz CT molecular complexity index is 982. The second-order valence-corrected chi connectivity index (χ2v) is 5.64. The second kappa shape index (κ2) is 5.70. The molecule has 4 rings (SSSR count). The van der Waals surface area contributed by atoms with Crippen LogP contribution in [0, 0.1) is 0 Å². The highest BCUT2D eigenvalue weighted by atomic mass is 19.3. The first-order valence-electron chi connectivity index (χ1n) is 7.52. The van der Waals surface area contributed by atoms with Crippen molar-refractivity contribution in [2.75, 3.05) is 0 Å². The molecule has 1 aromatic heterocycles. The molecule has 1 aliphatic rings. The molecule has 0 radical (unpaired) electrons. The minimum Gasteiger partial charge on any atom is -0.478 e. The summed E-state index contributed by atoms with van der Waals surface area (Å²) in [7, 11) is 0. The van der Waals surface area contributed by atoms with E-state index in [1.807, 2.05) is 6.07 Å². The van der Waals surface area contributed by atoms with Crippen molar-refractivity contribution in [1.29, 1.82) is 0 Å². The number of rotatable bonds is 4. The lowest BCUT2D eigenvalue weighted by molar-refractivity contribution is -0.0503. The zero-order valence-corrected chi connectivity index (χ0v) is 12.8. The van der Waals surface area contributed by atoms with Gasteiger partial charge in [0.25, 0.3) is 0 Å². The van der Waals surface area contributed by atoms with Crippen molar-refractivity contribution >= 4 is 5.97 Å². The van der Waals surface area contributed by atoms with Gasteiger partial charge in [-0.15, -0.1) is 0 Å². The monoisotopic (exact) mass is 342 g/mol. The molecule has 3 aromatic rings. The number of carboxylic acid groups (broad SMARTS) is 1. The molecule has 2 aromatic carbocycles. The van der Waals surface area contributed by atoms with E-state index in [2.05, 4.69) is 9.84 Å². The summed E-state index contributed by atoms with van der Waals surface area (Å²) in [6.07, 6.45) is 2.22. The molecular weight excluding hydrogens is 330 g/mol. The van der Waals surface area contributed by atoms with Gasteiger partial charge in [0.15, 0.2) is 0 Å². The minimum atomic E-state index is -2.88. The number of hydrogen-bond acceptors (Lipinski definition) is 3. The standard InChI is InChI=1S/C18H12F2N2O3/c19-18(20)25-15-6-2-5-13-14(15)8-11-9-22(21-16(11)13)12-4-1-3-10(7-12)17(23)24/h1-7,9,18H,8H2,(H,23,24). The fourth-order valence-electron chi connectivity index (χ4n) is 3.05. The summed E-state index contributed by atoms with van der Waals surface area (Å²) in [5, 5.41) is 13.6. The first-order valence-corrected chi connectivity index (χ1v) is 7.52. The van der Waals surface area contributed by atoms with Crippen LogP contribution in [0.2, 0.25) is 0 Å². The molecule has 7 heteroatoms. The largest absolute Gasteiger partial charge is 0.478 e. The van der Waals surface area contributed by atoms with Crippen LogP contribution in [0.3, 0.4) is 0 Å². The number of carboxylic acids is 1. The van der Waals surface area contributed by atoms with Crippen molar-refractivity contribution in [3.63, 3.8) is 0 Å². The lowest BCUT2D eigenvalue weighted by atomic mass is 10.1. The molecule has 0 spiro atoms. The Morgan fingerprint density at radius 3 is 2.80 bits per heavy atom. The number of aromatic carboxylic acids is 1. The smallest absolute Gasteiger partial charge is 0.387 e. The predicted molar refractivity (Wildman–Crippen MR) is 85.4 cm³/mol. The molecule has 0 saturated heterocycles. The topological polar surface area (TPSA) is 64.3 Å². The molecule has 0 fully saturated rings. The Balaban J connectivity index is 1.74. The van der Waals surface area contributed by atoms with E-state index in [1.54, 1.807) is 29.1 Å². The van der Waals surface area contributed by atoms with Crippen LogP contribution >= 0.6 is 0 Å². The summed E-state index contributed by atoms with van der Waals surface area (Å²) in [6.45, 7) is -2.88. The van der Waals surface area contributed by atoms with Crippen LogP contribution < -0.4 is 4.74 Å². The van der Waals surface area contributed by atoms with Gasteiger partial charge in [-0.25, -0.2) is 9.48 Å². The first-order chi connectivity index (χ1) is 12.0. The number of carbonyl (C=O) groups is 1. The van der Waals surface area contributed by atoms with Gasteiger partial charge in [0.2, 0.25) is 0 Å². The molecule has 1 heterocycles. The molecule has 0 atom stereocenters. The van der Waals surface area contributed by atoms with Crippen molar-refractivity contribution in [2.24, 2.45) is 0 Å². The summed E-state index contributed by atoms with van der Waals surface area (Å²) in [6, 6.07) is 11.4. The molecule has 0 bridgehead atoms. The van der Waals surface area contributed by atoms with Crippen molar-refractivity contribution in [3.8, 4) is 22.7 Å². The number of fused-ring (bicyclic) bond motifs is 3. The highest BCUT2D eigenvalue weighted by Crippen LogP contribution is 2.41. The summed E-state index contributed by atoms with van der Waals surface area (Å²) in [4.78, 5) is 11.1. The Hall–Kier alpha value is -3.22. The van der Waals surface area contributed by atoms with Gasteiger partial charge in [0.05, 0.1) is 16.9 Å². The molecule has 0 saturated carbocycles. The number of hydrogen-bond donors (Lipinski definition) is 1. The molecule has 25 heavy (non-hydrogen) atoms. The van der Waals surface area contributed by atoms with E-state index in [4.69, 9.17) is 5.11 Å². The van der Waals surface area contributed by atoms with Gasteiger partial charge in [-0.05, 0) is 24.3 Å². The number of benzene rings is 2. The fraction of sp³-hybridized carbons (Fsp3) is 0.111. The van der Waals surface area contributed by atoms with Gasteiger partial charge in [0.1, 0.15) is 5.75 Å². The van der Waals surface area contributed by atoms with Crippen LogP contribution in [0.25, 0.3) is 16.9 Å². The van der Waals surface area contributed by atoms with E-state index in [9.17, 15) is 13.6 Å². The van der Waals surface area contributed by atoms with Gasteiger partial charge >= 0.3 is 12.6 Å². The van der Waals surface area contributed by atoms with Crippen LogP contribution in [0.1, 0.15) is 21.5 Å². The van der Waals surface area contributed by atoms with Crippen molar-refractivity contribution in [3.05, 3.63) is 65.4 Å². The maximum absolute atomic E-state index is 12.5. The minimum absolute atomic E-state index is 0.157. The van der Waals surface area contributed by atoms with Crippen molar-refractivity contribution in [1.82, 2.24) is 9.78 Å². The van der Waals surface area contributed by atoms with E-state index in [-0.39, 0.29) is 11.3 Å². The van der Waals surface area contributed by atoms with Gasteiger partial charge in [-0.2, -0.15) is 13.9 Å². The van der Waals surface area contributed by atoms with Crippen LogP contribution in [0.5, 0.6) is 5.75 Å². The molecule has 1 aliphatic carbocycles. The van der Waals surface area contributed by atoms with E-state index in [1.165, 1.54) is 18.2 Å². The predicted octanol–water partition coefficient (Wildman–Crippen LogP) is 3.74. The van der Waals surface area contributed by atoms with E-state index < -0.39 is 12.6 Å². The number of aromatic nitrogens is 2. The van der Waals surface area contributed by atoms with E-state index in [0.29, 0.717) is 23.4 Å². The molecular formula is C18H12F2N2O3. The molecule has 1 N–H and O–H groups in total. The van der Waals surface area contributed by atoms with Gasteiger partial charge in [0, 0.05) is 29.3 Å². The zero-order chi connectivity index (χ0) is 17.6. The maximum Gasteiger partial charge on any atom is 0.387 e. The van der Waals surface area contributed by atoms with Crippen LogP contribution in [0.15, 0.2) is 48.7 Å². The highest BCUT2D eigenvalue weighted by molar-refractivity contribution is 5.88. The Morgan fingerprint density at radius 2 is 2.04 bits per heavy atom. The summed E-state index contributed by atoms with van der Waals surface area (Å²) < 4.78 is 31.3. The third-order valence-electron chi connectivity index (χ3n) is 4.12. The number of ether oxygens (including phenoxy) is 1. The lowest BCUT2D eigenvalue weighted by Crippen LogP contribution is -2.04. The lowest BCUT2D eigenvalue weighted by Gasteiger charge is -2.10. The quantitative estimate of drug-likeness (QED) is 0.614. The Kier molecular flexibility index (Phi) is 3.49. The average Bonchev–Trinajstić information content (AvgIpc) is 3.13. The molecule has 126 valence electrons. The molecule has 5 nitrogen and oxygen atoms in total. The molecule has 0 aliphatic heterocycles. The van der Waals surface area contributed by atoms with E-state index >= 15 is 0 Å². The van der Waals surface area contributed by atoms with Crippen LogP contribution in [-0.4, -0.2) is 27.5 Å². The second-order valence-electron chi connectivity index (χ2n) is 5.64. The van der Waals surface area contributed by atoms with E-state index in [0.717, 1.165) is 11.1 Å². The molecule has 0 unspecified atom stereocenters.